The van der Waals surface area contributed by atoms with Crippen molar-refractivity contribution in [3.05, 3.63) is 62.0 Å². The molecule has 2 N–H and O–H groups in total. The zero-order chi connectivity index (χ0) is 18.3. The van der Waals surface area contributed by atoms with Gasteiger partial charge in [-0.05, 0) is 50.2 Å². The first-order valence-electron chi connectivity index (χ1n) is 9.34. The van der Waals surface area contributed by atoms with Gasteiger partial charge < -0.3 is 10.3 Å². The highest BCUT2D eigenvalue weighted by Crippen LogP contribution is 2.35. The third kappa shape index (κ3) is 3.33. The minimum Gasteiger partial charge on any atom is -0.309 e. The number of benzene rings is 1. The molecule has 2 aromatic heterocycles. The van der Waals surface area contributed by atoms with E-state index in [1.54, 1.807) is 11.3 Å². The van der Waals surface area contributed by atoms with Gasteiger partial charge in [-0.25, -0.2) is 4.98 Å². The van der Waals surface area contributed by atoms with Gasteiger partial charge in [-0.1, -0.05) is 36.8 Å². The summed E-state index contributed by atoms with van der Waals surface area (Å²) in [7, 11) is 0. The SMILES string of the molecule is Cc1ccc(CN[C@@H](C)c2nc3sc4c(c3c(=O)[nH]2)CC[C@H](C)C4)cc1. The number of H-pyrrole nitrogens is 1. The van der Waals surface area contributed by atoms with Crippen LogP contribution >= 0.6 is 11.3 Å². The van der Waals surface area contributed by atoms with E-state index in [-0.39, 0.29) is 11.6 Å². The molecule has 0 radical (unpaired) electrons. The van der Waals surface area contributed by atoms with Crippen LogP contribution in [0.2, 0.25) is 0 Å². The van der Waals surface area contributed by atoms with Crippen molar-refractivity contribution in [3.63, 3.8) is 0 Å². The lowest BCUT2D eigenvalue weighted by Crippen LogP contribution is -2.23. The van der Waals surface area contributed by atoms with Crippen LogP contribution in [0.25, 0.3) is 10.2 Å². The average Bonchev–Trinajstić information content (AvgIpc) is 2.98. The largest absolute Gasteiger partial charge is 0.309 e. The molecule has 0 amide bonds. The Hall–Kier alpha value is -1.98. The van der Waals surface area contributed by atoms with E-state index in [0.29, 0.717) is 5.92 Å². The van der Waals surface area contributed by atoms with Crippen LogP contribution in [0.15, 0.2) is 29.1 Å². The maximum atomic E-state index is 12.7. The second-order valence-corrected chi connectivity index (χ2v) is 8.65. The molecule has 136 valence electrons. The number of aromatic nitrogens is 2. The predicted molar refractivity (Wildman–Crippen MR) is 108 cm³/mol. The maximum Gasteiger partial charge on any atom is 0.259 e. The Morgan fingerprint density at radius 3 is 2.88 bits per heavy atom. The van der Waals surface area contributed by atoms with Crippen molar-refractivity contribution in [2.75, 3.05) is 0 Å². The number of aryl methyl sites for hydroxylation is 2. The number of hydrogen-bond acceptors (Lipinski definition) is 4. The molecule has 26 heavy (non-hydrogen) atoms. The molecule has 0 unspecified atom stereocenters. The quantitative estimate of drug-likeness (QED) is 0.724. The summed E-state index contributed by atoms with van der Waals surface area (Å²) in [5, 5.41) is 4.29. The molecule has 1 aliphatic carbocycles. The lowest BCUT2D eigenvalue weighted by Gasteiger charge is -2.17. The second kappa shape index (κ2) is 6.97. The lowest BCUT2D eigenvalue weighted by atomic mass is 9.89. The number of thiophene rings is 1. The van der Waals surface area contributed by atoms with Gasteiger partial charge in [-0.15, -0.1) is 11.3 Å². The number of fused-ring (bicyclic) bond motifs is 3. The fourth-order valence-corrected chi connectivity index (χ4v) is 5.03. The van der Waals surface area contributed by atoms with Gasteiger partial charge in [-0.3, -0.25) is 4.79 Å². The Balaban J connectivity index is 1.58. The Morgan fingerprint density at radius 2 is 2.12 bits per heavy atom. The topological polar surface area (TPSA) is 57.8 Å². The zero-order valence-corrected chi connectivity index (χ0v) is 16.4. The van der Waals surface area contributed by atoms with E-state index in [4.69, 9.17) is 4.98 Å². The molecule has 5 heteroatoms. The summed E-state index contributed by atoms with van der Waals surface area (Å²) < 4.78 is 0. The van der Waals surface area contributed by atoms with Crippen LogP contribution in [0.1, 0.15) is 53.7 Å². The van der Waals surface area contributed by atoms with Crippen LogP contribution < -0.4 is 10.9 Å². The number of hydrogen-bond donors (Lipinski definition) is 2. The highest BCUT2D eigenvalue weighted by molar-refractivity contribution is 7.18. The number of aromatic amines is 1. The van der Waals surface area contributed by atoms with Crippen molar-refractivity contribution in [1.29, 1.82) is 0 Å². The molecule has 0 bridgehead atoms. The fourth-order valence-electron chi connectivity index (χ4n) is 3.64. The smallest absolute Gasteiger partial charge is 0.259 e. The Bertz CT molecular complexity index is 987. The van der Waals surface area contributed by atoms with Crippen LogP contribution in [0.3, 0.4) is 0 Å². The Morgan fingerprint density at radius 1 is 1.35 bits per heavy atom. The summed E-state index contributed by atoms with van der Waals surface area (Å²) in [6, 6.07) is 8.48. The minimum absolute atomic E-state index is 0.00791. The third-order valence-corrected chi connectivity index (χ3v) is 6.48. The van der Waals surface area contributed by atoms with Gasteiger partial charge in [0.05, 0.1) is 11.4 Å². The molecule has 3 aromatic rings. The lowest BCUT2D eigenvalue weighted by molar-refractivity contribution is 0.509. The highest BCUT2D eigenvalue weighted by atomic mass is 32.1. The van der Waals surface area contributed by atoms with Crippen molar-refractivity contribution < 1.29 is 0 Å². The van der Waals surface area contributed by atoms with Gasteiger partial charge in [0.25, 0.3) is 5.56 Å². The van der Waals surface area contributed by atoms with Crippen LogP contribution in [0.4, 0.5) is 0 Å². The van der Waals surface area contributed by atoms with Crippen LogP contribution in [0.5, 0.6) is 0 Å². The van der Waals surface area contributed by atoms with E-state index in [1.807, 2.05) is 6.92 Å². The van der Waals surface area contributed by atoms with E-state index < -0.39 is 0 Å². The standard InChI is InChI=1S/C21H25N3OS/c1-12-4-7-15(8-5-12)11-22-14(3)19-23-20(25)18-16-9-6-13(2)10-17(16)26-21(18)24-19/h4-5,7-8,13-14,22H,6,9-11H2,1-3H3,(H,23,24,25)/t13-,14-/m0/s1. The van der Waals surface area contributed by atoms with Gasteiger partial charge in [0.2, 0.25) is 0 Å². The van der Waals surface area contributed by atoms with Crippen molar-refractivity contribution >= 4 is 21.6 Å². The van der Waals surface area contributed by atoms with Gasteiger partial charge >= 0.3 is 0 Å². The highest BCUT2D eigenvalue weighted by Gasteiger charge is 2.23. The molecule has 1 aromatic carbocycles. The Labute approximate surface area is 157 Å². The number of nitrogens with one attached hydrogen (secondary N) is 2. The summed E-state index contributed by atoms with van der Waals surface area (Å²) >= 11 is 1.71. The molecule has 2 heterocycles. The minimum atomic E-state index is -0.00791. The molecule has 0 aliphatic heterocycles. The molecule has 0 saturated carbocycles. The van der Waals surface area contributed by atoms with Crippen molar-refractivity contribution in [2.24, 2.45) is 5.92 Å². The van der Waals surface area contributed by atoms with Crippen LogP contribution in [0, 0.1) is 12.8 Å². The summed E-state index contributed by atoms with van der Waals surface area (Å²) in [6.45, 7) is 7.17. The molecule has 4 nitrogen and oxygen atoms in total. The average molecular weight is 368 g/mol. The summed E-state index contributed by atoms with van der Waals surface area (Å²) in [5.41, 5.74) is 3.74. The van der Waals surface area contributed by atoms with E-state index in [1.165, 1.54) is 21.6 Å². The van der Waals surface area contributed by atoms with E-state index in [2.05, 4.69) is 48.4 Å². The maximum absolute atomic E-state index is 12.7. The zero-order valence-electron chi connectivity index (χ0n) is 15.6. The number of nitrogens with zero attached hydrogens (tertiary/aromatic N) is 1. The van der Waals surface area contributed by atoms with E-state index in [0.717, 1.165) is 41.8 Å². The van der Waals surface area contributed by atoms with Crippen molar-refractivity contribution in [3.8, 4) is 0 Å². The van der Waals surface area contributed by atoms with Gasteiger partial charge in [0, 0.05) is 11.4 Å². The summed E-state index contributed by atoms with van der Waals surface area (Å²) in [4.78, 5) is 22.8. The van der Waals surface area contributed by atoms with Gasteiger partial charge in [0.15, 0.2) is 0 Å². The normalized spacial score (nSPS) is 18.0. The first-order valence-corrected chi connectivity index (χ1v) is 10.2. The third-order valence-electron chi connectivity index (χ3n) is 5.33. The molecule has 0 fully saturated rings. The molecule has 4 rings (SSSR count). The van der Waals surface area contributed by atoms with Gasteiger partial charge in [0.1, 0.15) is 10.7 Å². The first-order chi connectivity index (χ1) is 12.5. The predicted octanol–water partition coefficient (Wildman–Crippen LogP) is 4.27. The molecule has 0 saturated heterocycles. The molecule has 2 atom stereocenters. The van der Waals surface area contributed by atoms with Crippen LogP contribution in [-0.2, 0) is 19.4 Å². The van der Waals surface area contributed by atoms with E-state index >= 15 is 0 Å². The van der Waals surface area contributed by atoms with Crippen LogP contribution in [-0.4, -0.2) is 9.97 Å². The summed E-state index contributed by atoms with van der Waals surface area (Å²) in [6.07, 6.45) is 3.24. The molecular formula is C21H25N3OS. The summed E-state index contributed by atoms with van der Waals surface area (Å²) in [5.74, 6) is 1.42. The van der Waals surface area contributed by atoms with Crippen molar-refractivity contribution in [1.82, 2.24) is 15.3 Å². The fraction of sp³-hybridized carbons (Fsp3) is 0.429. The van der Waals surface area contributed by atoms with Crippen molar-refractivity contribution in [2.45, 2.75) is 52.6 Å². The number of rotatable bonds is 4. The van der Waals surface area contributed by atoms with E-state index in [9.17, 15) is 4.79 Å². The Kier molecular flexibility index (Phi) is 4.67. The first kappa shape index (κ1) is 17.4. The second-order valence-electron chi connectivity index (χ2n) is 7.57. The molecule has 0 spiro atoms. The molecular weight excluding hydrogens is 342 g/mol. The molecule has 1 aliphatic rings. The monoisotopic (exact) mass is 367 g/mol. The van der Waals surface area contributed by atoms with Gasteiger partial charge in [-0.2, -0.15) is 0 Å².